The first kappa shape index (κ1) is 19.7. The quantitative estimate of drug-likeness (QED) is 0.430. The minimum absolute atomic E-state index is 0.00327. The topological polar surface area (TPSA) is 135 Å². The van der Waals surface area contributed by atoms with E-state index in [0.29, 0.717) is 34.2 Å². The molecule has 0 aliphatic rings. The molecule has 3 N–H and O–H groups in total. The van der Waals surface area contributed by atoms with E-state index in [1.165, 1.54) is 0 Å². The van der Waals surface area contributed by atoms with Gasteiger partial charge in [0.1, 0.15) is 17.3 Å². The molecule has 4 aromatic rings. The molecule has 0 atom stereocenters. The minimum Gasteiger partial charge on any atom is -0.479 e. The number of anilines is 4. The van der Waals surface area contributed by atoms with E-state index in [4.69, 9.17) is 15.3 Å². The molecule has 0 fully saturated rings. The number of nitriles is 2. The largest absolute Gasteiger partial charge is 0.479 e. The van der Waals surface area contributed by atoms with E-state index in [9.17, 15) is 0 Å². The number of nitrogens with one attached hydrogen (secondary N) is 3. The highest BCUT2D eigenvalue weighted by Crippen LogP contribution is 2.31. The van der Waals surface area contributed by atoms with Gasteiger partial charge in [0.05, 0.1) is 18.0 Å². The molecular weight excluding hydrogens is 392 g/mol. The number of ether oxygens (including phenoxy) is 1. The van der Waals surface area contributed by atoms with E-state index >= 15 is 0 Å². The van der Waals surface area contributed by atoms with Crippen molar-refractivity contribution >= 4 is 34.3 Å². The summed E-state index contributed by atoms with van der Waals surface area (Å²) < 4.78 is 5.42. The zero-order valence-corrected chi connectivity index (χ0v) is 16.9. The molecule has 152 valence electrons. The number of imidazole rings is 1. The second-order valence-electron chi connectivity index (χ2n) is 6.81. The summed E-state index contributed by atoms with van der Waals surface area (Å²) in [6.45, 7) is 3.91. The van der Waals surface area contributed by atoms with E-state index in [2.05, 4.69) is 36.6 Å². The molecule has 0 saturated heterocycles. The second-order valence-corrected chi connectivity index (χ2v) is 6.81. The van der Waals surface area contributed by atoms with Crippen molar-refractivity contribution in [1.82, 2.24) is 19.9 Å². The van der Waals surface area contributed by atoms with Gasteiger partial charge >= 0.3 is 0 Å². The summed E-state index contributed by atoms with van der Waals surface area (Å²) in [7, 11) is 0. The first-order chi connectivity index (χ1) is 15.1. The van der Waals surface area contributed by atoms with Gasteiger partial charge in [0.2, 0.25) is 5.95 Å². The lowest BCUT2D eigenvalue weighted by Gasteiger charge is -2.15. The molecule has 0 aliphatic carbocycles. The standard InChI is InChI=1S/C22H18N8O/c1-13-9-17(31-8-7-23)10-14(2)18(13)28-21-19-20(26-12-25-19)29-22(30-21)27-16-5-3-15(11-24)4-6-16/h3-6,9-10,12H,8H2,1-2H3,(H3,25,26,27,28,29,30). The Morgan fingerprint density at radius 2 is 1.77 bits per heavy atom. The number of aromatic nitrogens is 4. The maximum absolute atomic E-state index is 8.96. The molecule has 2 heterocycles. The second kappa shape index (κ2) is 8.39. The highest BCUT2D eigenvalue weighted by atomic mass is 16.5. The minimum atomic E-state index is -0.00327. The van der Waals surface area contributed by atoms with Crippen LogP contribution < -0.4 is 15.4 Å². The lowest BCUT2D eigenvalue weighted by molar-refractivity contribution is 0.367. The average molecular weight is 410 g/mol. The number of fused-ring (bicyclic) bond motifs is 1. The normalized spacial score (nSPS) is 10.3. The fraction of sp³-hybridized carbons (Fsp3) is 0.136. The molecule has 0 bridgehead atoms. The number of H-pyrrole nitrogens is 1. The highest BCUT2D eigenvalue weighted by molar-refractivity contribution is 5.87. The Morgan fingerprint density at radius 3 is 2.45 bits per heavy atom. The van der Waals surface area contributed by atoms with Crippen LogP contribution in [-0.2, 0) is 0 Å². The first-order valence-corrected chi connectivity index (χ1v) is 9.43. The van der Waals surface area contributed by atoms with Gasteiger partial charge < -0.3 is 20.4 Å². The third-order valence-corrected chi connectivity index (χ3v) is 4.61. The first-order valence-electron chi connectivity index (χ1n) is 9.43. The highest BCUT2D eigenvalue weighted by Gasteiger charge is 2.14. The van der Waals surface area contributed by atoms with E-state index in [-0.39, 0.29) is 6.61 Å². The Bertz CT molecular complexity index is 1310. The zero-order chi connectivity index (χ0) is 21.8. The van der Waals surface area contributed by atoms with Gasteiger partial charge in [0.15, 0.2) is 18.1 Å². The van der Waals surface area contributed by atoms with Crippen LogP contribution in [0.5, 0.6) is 5.75 Å². The lowest BCUT2D eigenvalue weighted by Crippen LogP contribution is -2.04. The van der Waals surface area contributed by atoms with Crippen molar-refractivity contribution in [2.75, 3.05) is 17.2 Å². The molecule has 2 aromatic heterocycles. The number of hydrogen-bond donors (Lipinski definition) is 3. The molecular formula is C22H18N8O. The number of aromatic amines is 1. The predicted octanol–water partition coefficient (Wildman–Crippen LogP) is 4.23. The summed E-state index contributed by atoms with van der Waals surface area (Å²) in [5.74, 6) is 1.58. The van der Waals surface area contributed by atoms with Gasteiger partial charge in [-0.05, 0) is 61.4 Å². The molecule has 31 heavy (non-hydrogen) atoms. The SMILES string of the molecule is Cc1cc(OCC#N)cc(C)c1Nc1nc(Nc2ccc(C#N)cc2)nc2nc[nH]c12. The van der Waals surface area contributed by atoms with Gasteiger partial charge in [-0.2, -0.15) is 20.5 Å². The van der Waals surface area contributed by atoms with Gasteiger partial charge in [-0.3, -0.25) is 0 Å². The maximum atomic E-state index is 8.96. The van der Waals surface area contributed by atoms with Crippen molar-refractivity contribution in [3.63, 3.8) is 0 Å². The lowest BCUT2D eigenvalue weighted by atomic mass is 10.1. The number of benzene rings is 2. The van der Waals surface area contributed by atoms with E-state index in [0.717, 1.165) is 22.5 Å². The summed E-state index contributed by atoms with van der Waals surface area (Å²) >= 11 is 0. The number of rotatable bonds is 6. The molecule has 9 heteroatoms. The Morgan fingerprint density at radius 1 is 1.03 bits per heavy atom. The molecule has 0 amide bonds. The van der Waals surface area contributed by atoms with Crippen LogP contribution in [0.4, 0.5) is 23.1 Å². The summed E-state index contributed by atoms with van der Waals surface area (Å²) in [4.78, 5) is 16.4. The number of hydrogen-bond acceptors (Lipinski definition) is 8. The third-order valence-electron chi connectivity index (χ3n) is 4.61. The van der Waals surface area contributed by atoms with Gasteiger partial charge in [0, 0.05) is 11.4 Å². The van der Waals surface area contributed by atoms with Gasteiger partial charge in [-0.1, -0.05) is 0 Å². The zero-order valence-electron chi connectivity index (χ0n) is 16.9. The van der Waals surface area contributed by atoms with Crippen LogP contribution in [0.1, 0.15) is 16.7 Å². The smallest absolute Gasteiger partial charge is 0.231 e. The van der Waals surface area contributed by atoms with Crippen LogP contribution in [0.3, 0.4) is 0 Å². The van der Waals surface area contributed by atoms with Crippen molar-refractivity contribution in [2.45, 2.75) is 13.8 Å². The molecule has 0 spiro atoms. The van der Waals surface area contributed by atoms with Crippen LogP contribution in [-0.4, -0.2) is 26.5 Å². The molecule has 9 nitrogen and oxygen atoms in total. The molecule has 0 unspecified atom stereocenters. The number of aryl methyl sites for hydroxylation is 2. The maximum Gasteiger partial charge on any atom is 0.231 e. The third kappa shape index (κ3) is 4.21. The van der Waals surface area contributed by atoms with Gasteiger partial charge in [0.25, 0.3) is 0 Å². The van der Waals surface area contributed by atoms with Crippen LogP contribution in [0.2, 0.25) is 0 Å². The van der Waals surface area contributed by atoms with Crippen molar-refractivity contribution in [2.24, 2.45) is 0 Å². The number of nitrogens with zero attached hydrogens (tertiary/aromatic N) is 5. The molecule has 4 rings (SSSR count). The molecule has 0 radical (unpaired) electrons. The monoisotopic (exact) mass is 410 g/mol. The summed E-state index contributed by atoms with van der Waals surface area (Å²) in [5, 5.41) is 24.2. The van der Waals surface area contributed by atoms with Crippen molar-refractivity contribution in [1.29, 1.82) is 10.5 Å². The van der Waals surface area contributed by atoms with Crippen LogP contribution >= 0.6 is 0 Å². The van der Waals surface area contributed by atoms with Crippen LogP contribution in [0, 0.1) is 36.5 Å². The summed E-state index contributed by atoms with van der Waals surface area (Å²) in [6.07, 6.45) is 1.56. The predicted molar refractivity (Wildman–Crippen MR) is 116 cm³/mol. The van der Waals surface area contributed by atoms with E-state index < -0.39 is 0 Å². The van der Waals surface area contributed by atoms with Gasteiger partial charge in [-0.15, -0.1) is 0 Å². The van der Waals surface area contributed by atoms with Crippen molar-refractivity contribution in [3.05, 3.63) is 59.4 Å². The Kier molecular flexibility index (Phi) is 5.33. The molecule has 2 aromatic carbocycles. The Balaban J connectivity index is 1.67. The Labute approximate surface area is 178 Å². The fourth-order valence-corrected chi connectivity index (χ4v) is 3.18. The van der Waals surface area contributed by atoms with Crippen LogP contribution in [0.15, 0.2) is 42.7 Å². The molecule has 0 saturated carbocycles. The van der Waals surface area contributed by atoms with E-state index in [1.807, 2.05) is 32.0 Å². The average Bonchev–Trinajstić information content (AvgIpc) is 3.24. The summed E-state index contributed by atoms with van der Waals surface area (Å²) in [6, 6.07) is 14.8. The fourth-order valence-electron chi connectivity index (χ4n) is 3.18. The molecule has 0 aliphatic heterocycles. The Hall–Kier alpha value is -4.63. The van der Waals surface area contributed by atoms with Crippen molar-refractivity contribution < 1.29 is 4.74 Å². The van der Waals surface area contributed by atoms with Crippen molar-refractivity contribution in [3.8, 4) is 17.9 Å². The van der Waals surface area contributed by atoms with Gasteiger partial charge in [-0.25, -0.2) is 4.98 Å². The van der Waals surface area contributed by atoms with Crippen LogP contribution in [0.25, 0.3) is 11.2 Å². The summed E-state index contributed by atoms with van der Waals surface area (Å²) in [5.41, 5.74) is 5.28. The van der Waals surface area contributed by atoms with E-state index in [1.54, 1.807) is 30.6 Å².